The molecule has 0 N–H and O–H groups in total. The van der Waals surface area contributed by atoms with Gasteiger partial charge in [-0.15, -0.1) is 0 Å². The van der Waals surface area contributed by atoms with E-state index >= 15 is 0 Å². The fraction of sp³-hybridized carbons (Fsp3) is 0.400. The van der Waals surface area contributed by atoms with Gasteiger partial charge in [-0.3, -0.25) is 4.79 Å². The lowest BCUT2D eigenvalue weighted by molar-refractivity contribution is -0.108. The van der Waals surface area contributed by atoms with Crippen LogP contribution in [0.2, 0.25) is 0 Å². The van der Waals surface area contributed by atoms with Crippen molar-refractivity contribution in [1.29, 1.82) is 0 Å². The predicted octanol–water partition coefficient (Wildman–Crippen LogP) is 2.59. The summed E-state index contributed by atoms with van der Waals surface area (Å²) in [5.74, 6) is 0.688. The van der Waals surface area contributed by atoms with Crippen molar-refractivity contribution in [2.45, 2.75) is 31.7 Å². The fourth-order valence-electron chi connectivity index (χ4n) is 2.29. The van der Waals surface area contributed by atoms with E-state index in [1.165, 1.54) is 16.1 Å². The van der Waals surface area contributed by atoms with Gasteiger partial charge in [-0.05, 0) is 31.7 Å². The summed E-state index contributed by atoms with van der Waals surface area (Å²) < 4.78 is 26.7. The summed E-state index contributed by atoms with van der Waals surface area (Å²) in [5, 5.41) is -0.0355. The third kappa shape index (κ3) is 3.22. The molecule has 21 heavy (non-hydrogen) atoms. The number of rotatable bonds is 4. The van der Waals surface area contributed by atoms with Gasteiger partial charge < -0.3 is 0 Å². The van der Waals surface area contributed by atoms with Gasteiger partial charge in [-0.25, -0.2) is 8.42 Å². The zero-order chi connectivity index (χ0) is 15.6. The lowest BCUT2D eigenvalue weighted by atomic mass is 10.2. The molecule has 1 aliphatic heterocycles. The largest absolute Gasteiger partial charge is 0.282 e. The number of thioether (sulfide) groups is 1. The topological polar surface area (TPSA) is 54.5 Å². The second-order valence-electron chi connectivity index (χ2n) is 4.94. The van der Waals surface area contributed by atoms with Crippen molar-refractivity contribution < 1.29 is 13.2 Å². The molecule has 0 fully saturated rings. The summed E-state index contributed by atoms with van der Waals surface area (Å²) in [4.78, 5) is 12.3. The Hall–Kier alpha value is -1.11. The minimum atomic E-state index is -3.57. The SMILES string of the molecule is CCSC(=O)C1=CCN(S(=O)(=O)c2ccc(C)cc2)[C@@H]1C. The minimum Gasteiger partial charge on any atom is -0.282 e. The molecule has 0 saturated carbocycles. The number of benzene rings is 1. The van der Waals surface area contributed by atoms with Crippen molar-refractivity contribution in [1.82, 2.24) is 4.31 Å². The summed E-state index contributed by atoms with van der Waals surface area (Å²) in [5.41, 5.74) is 1.59. The quantitative estimate of drug-likeness (QED) is 0.854. The van der Waals surface area contributed by atoms with Crippen LogP contribution in [0.3, 0.4) is 0 Å². The first-order chi connectivity index (χ1) is 9.87. The van der Waals surface area contributed by atoms with Crippen molar-refractivity contribution in [2.24, 2.45) is 0 Å². The van der Waals surface area contributed by atoms with Crippen LogP contribution in [-0.4, -0.2) is 36.2 Å². The summed E-state index contributed by atoms with van der Waals surface area (Å²) >= 11 is 1.21. The van der Waals surface area contributed by atoms with E-state index in [1.54, 1.807) is 37.3 Å². The molecule has 0 unspecified atom stereocenters. The van der Waals surface area contributed by atoms with Gasteiger partial charge in [0.15, 0.2) is 0 Å². The molecule has 0 bridgehead atoms. The van der Waals surface area contributed by atoms with E-state index in [-0.39, 0.29) is 16.6 Å². The summed E-state index contributed by atoms with van der Waals surface area (Å²) in [6, 6.07) is 6.36. The Balaban J connectivity index is 2.24. The van der Waals surface area contributed by atoms with E-state index in [0.29, 0.717) is 11.3 Å². The van der Waals surface area contributed by atoms with Gasteiger partial charge in [-0.1, -0.05) is 42.5 Å². The van der Waals surface area contributed by atoms with Gasteiger partial charge in [0.05, 0.1) is 10.9 Å². The van der Waals surface area contributed by atoms with Crippen LogP contribution >= 0.6 is 11.8 Å². The van der Waals surface area contributed by atoms with Crippen molar-refractivity contribution in [2.75, 3.05) is 12.3 Å². The average Bonchev–Trinajstić information content (AvgIpc) is 2.82. The fourth-order valence-corrected chi connectivity index (χ4v) is 4.53. The van der Waals surface area contributed by atoms with E-state index < -0.39 is 16.1 Å². The van der Waals surface area contributed by atoms with Crippen LogP contribution in [0.4, 0.5) is 0 Å². The van der Waals surface area contributed by atoms with Crippen LogP contribution < -0.4 is 0 Å². The van der Waals surface area contributed by atoms with Crippen LogP contribution in [0.25, 0.3) is 0 Å². The molecule has 0 radical (unpaired) electrons. The minimum absolute atomic E-state index is 0.0355. The Morgan fingerprint density at radius 1 is 1.33 bits per heavy atom. The zero-order valence-electron chi connectivity index (χ0n) is 12.4. The maximum atomic E-state index is 12.7. The number of carbonyl (C=O) groups excluding carboxylic acids is 1. The van der Waals surface area contributed by atoms with Crippen LogP contribution in [0.5, 0.6) is 0 Å². The number of nitrogens with zero attached hydrogens (tertiary/aromatic N) is 1. The smallest absolute Gasteiger partial charge is 0.243 e. The van der Waals surface area contributed by atoms with E-state index in [4.69, 9.17) is 0 Å². The first kappa shape index (κ1) is 16.3. The number of sulfonamides is 1. The Labute approximate surface area is 130 Å². The monoisotopic (exact) mass is 325 g/mol. The summed E-state index contributed by atoms with van der Waals surface area (Å²) in [6.07, 6.45) is 1.72. The van der Waals surface area contributed by atoms with Crippen molar-refractivity contribution >= 4 is 26.9 Å². The van der Waals surface area contributed by atoms with E-state index in [2.05, 4.69) is 0 Å². The molecule has 2 rings (SSSR count). The molecule has 6 heteroatoms. The van der Waals surface area contributed by atoms with Crippen LogP contribution in [-0.2, 0) is 14.8 Å². The molecule has 1 heterocycles. The van der Waals surface area contributed by atoms with Crippen LogP contribution in [0, 0.1) is 6.92 Å². The molecule has 1 aliphatic rings. The highest BCUT2D eigenvalue weighted by atomic mass is 32.2. The third-order valence-corrected chi connectivity index (χ3v) is 6.25. The van der Waals surface area contributed by atoms with Gasteiger partial charge >= 0.3 is 0 Å². The van der Waals surface area contributed by atoms with Crippen LogP contribution in [0.1, 0.15) is 19.4 Å². The van der Waals surface area contributed by atoms with Gasteiger partial charge in [0.25, 0.3) is 0 Å². The molecule has 0 aliphatic carbocycles. The molecule has 114 valence electrons. The molecule has 4 nitrogen and oxygen atoms in total. The van der Waals surface area contributed by atoms with Gasteiger partial charge in [-0.2, -0.15) is 4.31 Å². The second kappa shape index (κ2) is 6.34. The normalized spacial score (nSPS) is 19.6. The van der Waals surface area contributed by atoms with Crippen molar-refractivity contribution in [3.8, 4) is 0 Å². The maximum Gasteiger partial charge on any atom is 0.243 e. The molecule has 1 atom stereocenters. The number of hydrogen-bond donors (Lipinski definition) is 0. The Bertz CT molecular complexity index is 663. The maximum absolute atomic E-state index is 12.7. The molecular weight excluding hydrogens is 306 g/mol. The summed E-state index contributed by atoms with van der Waals surface area (Å²) in [6.45, 7) is 5.83. The van der Waals surface area contributed by atoms with Gasteiger partial charge in [0.2, 0.25) is 15.1 Å². The molecule has 0 aromatic heterocycles. The van der Waals surface area contributed by atoms with Crippen LogP contribution in [0.15, 0.2) is 40.8 Å². The highest BCUT2D eigenvalue weighted by Crippen LogP contribution is 2.29. The average molecular weight is 325 g/mol. The Morgan fingerprint density at radius 3 is 2.52 bits per heavy atom. The molecule has 1 aromatic carbocycles. The summed E-state index contributed by atoms with van der Waals surface area (Å²) in [7, 11) is -3.57. The van der Waals surface area contributed by atoms with Gasteiger partial charge in [0.1, 0.15) is 0 Å². The number of aryl methyl sites for hydroxylation is 1. The molecule has 0 saturated heterocycles. The third-order valence-electron chi connectivity index (χ3n) is 3.51. The highest BCUT2D eigenvalue weighted by Gasteiger charge is 2.36. The first-order valence-electron chi connectivity index (χ1n) is 6.83. The first-order valence-corrected chi connectivity index (χ1v) is 9.26. The zero-order valence-corrected chi connectivity index (χ0v) is 14.0. The van der Waals surface area contributed by atoms with Crippen molar-refractivity contribution in [3.05, 3.63) is 41.5 Å². The lowest BCUT2D eigenvalue weighted by Gasteiger charge is -2.23. The molecule has 0 spiro atoms. The predicted molar refractivity (Wildman–Crippen MR) is 85.8 cm³/mol. The number of carbonyl (C=O) groups is 1. The van der Waals surface area contributed by atoms with Crippen molar-refractivity contribution in [3.63, 3.8) is 0 Å². The molecule has 1 aromatic rings. The Kier molecular flexibility index (Phi) is 4.91. The number of hydrogen-bond acceptors (Lipinski definition) is 4. The van der Waals surface area contributed by atoms with E-state index in [9.17, 15) is 13.2 Å². The molecule has 0 amide bonds. The standard InChI is InChI=1S/C15H19NO3S2/c1-4-20-15(17)14-9-10-16(12(14)3)21(18,19)13-7-5-11(2)6-8-13/h5-9,12H,4,10H2,1-3H3/t12-/m1/s1. The van der Waals surface area contributed by atoms with E-state index in [1.807, 2.05) is 13.8 Å². The highest BCUT2D eigenvalue weighted by molar-refractivity contribution is 8.14. The van der Waals surface area contributed by atoms with Gasteiger partial charge in [0, 0.05) is 12.1 Å². The lowest BCUT2D eigenvalue weighted by Crippen LogP contribution is -2.36. The Morgan fingerprint density at radius 2 is 1.95 bits per heavy atom. The second-order valence-corrected chi connectivity index (χ2v) is 8.07. The van der Waals surface area contributed by atoms with E-state index in [0.717, 1.165) is 5.56 Å². The molecular formula is C15H19NO3S2.